The Morgan fingerprint density at radius 3 is 2.67 bits per heavy atom. The highest BCUT2D eigenvalue weighted by atomic mass is 79.9. The molecule has 0 aliphatic heterocycles. The Balaban J connectivity index is 2.07. The van der Waals surface area contributed by atoms with E-state index in [4.69, 9.17) is 9.47 Å². The molecule has 0 spiro atoms. The summed E-state index contributed by atoms with van der Waals surface area (Å²) in [5, 5.41) is 3.08. The smallest absolute Gasteiger partial charge is 0.379 e. The van der Waals surface area contributed by atoms with Crippen LogP contribution >= 0.6 is 15.9 Å². The molecule has 0 aromatic heterocycles. The Hall–Kier alpha value is -0.790. The second-order valence-corrected chi connectivity index (χ2v) is 5.73. The molecule has 0 amide bonds. The first-order valence-corrected chi connectivity index (χ1v) is 7.43. The summed E-state index contributed by atoms with van der Waals surface area (Å²) >= 11 is 2.93. The van der Waals surface area contributed by atoms with Gasteiger partial charge in [0, 0.05) is 23.9 Å². The molecule has 0 heterocycles. The molecule has 1 fully saturated rings. The van der Waals surface area contributed by atoms with Crippen LogP contribution in [0.3, 0.4) is 0 Å². The van der Waals surface area contributed by atoms with Crippen LogP contribution in [0.4, 0.5) is 18.9 Å². The zero-order chi connectivity index (χ0) is 15.6. The molecule has 21 heavy (non-hydrogen) atoms. The highest BCUT2D eigenvalue weighted by molar-refractivity contribution is 9.10. The van der Waals surface area contributed by atoms with Crippen molar-refractivity contribution in [3.63, 3.8) is 0 Å². The minimum atomic E-state index is -4.38. The molecule has 118 valence electrons. The van der Waals surface area contributed by atoms with Crippen molar-refractivity contribution < 1.29 is 22.6 Å². The van der Waals surface area contributed by atoms with Crippen LogP contribution in [0.5, 0.6) is 0 Å². The number of methoxy groups -OCH3 is 1. The molecule has 3 atom stereocenters. The van der Waals surface area contributed by atoms with Crippen LogP contribution in [0.15, 0.2) is 22.7 Å². The first kappa shape index (κ1) is 16.6. The Morgan fingerprint density at radius 2 is 2.10 bits per heavy atom. The van der Waals surface area contributed by atoms with Gasteiger partial charge in [-0.1, -0.05) is 15.9 Å². The maximum Gasteiger partial charge on any atom is 0.417 e. The Morgan fingerprint density at radius 1 is 1.38 bits per heavy atom. The van der Waals surface area contributed by atoms with Crippen LogP contribution in [0.2, 0.25) is 0 Å². The van der Waals surface area contributed by atoms with Gasteiger partial charge in [0.1, 0.15) is 6.10 Å². The molecule has 0 radical (unpaired) electrons. The molecule has 1 aromatic carbocycles. The van der Waals surface area contributed by atoms with Gasteiger partial charge in [-0.2, -0.15) is 13.2 Å². The van der Waals surface area contributed by atoms with E-state index in [0.29, 0.717) is 18.7 Å². The summed E-state index contributed by atoms with van der Waals surface area (Å²) in [6.45, 7) is 2.49. The van der Waals surface area contributed by atoms with Gasteiger partial charge in [0.25, 0.3) is 0 Å². The Labute approximate surface area is 129 Å². The summed E-state index contributed by atoms with van der Waals surface area (Å²) in [5.74, 6) is 0. The zero-order valence-corrected chi connectivity index (χ0v) is 13.3. The van der Waals surface area contributed by atoms with Crippen molar-refractivity contribution in [2.24, 2.45) is 0 Å². The average Bonchev–Trinajstić information content (AvgIpc) is 2.38. The third-order valence-corrected chi connectivity index (χ3v) is 4.22. The lowest BCUT2D eigenvalue weighted by atomic mass is 9.85. The lowest BCUT2D eigenvalue weighted by Gasteiger charge is -2.43. The largest absolute Gasteiger partial charge is 0.417 e. The third kappa shape index (κ3) is 3.70. The summed E-state index contributed by atoms with van der Waals surface area (Å²) in [4.78, 5) is 0. The molecule has 3 nitrogen and oxygen atoms in total. The van der Waals surface area contributed by atoms with Crippen molar-refractivity contribution in [1.82, 2.24) is 0 Å². The third-order valence-electron chi connectivity index (χ3n) is 3.53. The van der Waals surface area contributed by atoms with Crippen molar-refractivity contribution >= 4 is 21.6 Å². The average molecular weight is 368 g/mol. The lowest BCUT2D eigenvalue weighted by molar-refractivity contribution is -0.138. The molecule has 3 unspecified atom stereocenters. The first-order chi connectivity index (χ1) is 9.86. The van der Waals surface area contributed by atoms with Gasteiger partial charge in [-0.05, 0) is 31.5 Å². The van der Waals surface area contributed by atoms with Crippen LogP contribution in [-0.2, 0) is 15.7 Å². The van der Waals surface area contributed by atoms with E-state index in [1.807, 2.05) is 6.92 Å². The summed E-state index contributed by atoms with van der Waals surface area (Å²) in [6.07, 6.45) is -3.83. The normalized spacial score (nSPS) is 25.5. The number of hydrogen-bond acceptors (Lipinski definition) is 3. The van der Waals surface area contributed by atoms with E-state index in [1.165, 1.54) is 6.07 Å². The number of anilines is 1. The molecule has 1 N–H and O–H groups in total. The van der Waals surface area contributed by atoms with E-state index >= 15 is 0 Å². The minimum Gasteiger partial charge on any atom is -0.379 e. The number of benzene rings is 1. The fraction of sp³-hybridized carbons (Fsp3) is 0.571. The van der Waals surface area contributed by atoms with Crippen molar-refractivity contribution in [1.29, 1.82) is 0 Å². The molecular weight excluding hydrogens is 351 g/mol. The summed E-state index contributed by atoms with van der Waals surface area (Å²) in [5.41, 5.74) is -0.269. The van der Waals surface area contributed by atoms with Gasteiger partial charge in [-0.3, -0.25) is 0 Å². The Bertz CT molecular complexity index is 496. The second-order valence-electron chi connectivity index (χ2n) is 4.87. The van der Waals surface area contributed by atoms with Crippen molar-refractivity contribution in [2.45, 2.75) is 37.8 Å². The van der Waals surface area contributed by atoms with E-state index in [1.54, 1.807) is 13.2 Å². The van der Waals surface area contributed by atoms with Crippen molar-refractivity contribution in [3.05, 3.63) is 28.2 Å². The minimum absolute atomic E-state index is 0.00460. The van der Waals surface area contributed by atoms with E-state index in [2.05, 4.69) is 21.2 Å². The molecule has 1 saturated carbocycles. The van der Waals surface area contributed by atoms with E-state index < -0.39 is 11.7 Å². The topological polar surface area (TPSA) is 30.5 Å². The fourth-order valence-corrected chi connectivity index (χ4v) is 2.93. The van der Waals surface area contributed by atoms with Crippen molar-refractivity contribution in [3.8, 4) is 0 Å². The number of alkyl halides is 3. The highest BCUT2D eigenvalue weighted by Gasteiger charge is 2.42. The van der Waals surface area contributed by atoms with E-state index in [0.717, 1.165) is 6.07 Å². The SMILES string of the molecule is CCOC1CC(Nc2ccc(Br)c(C(F)(F)F)c2)C1OC. The molecule has 1 aliphatic carbocycles. The van der Waals surface area contributed by atoms with Gasteiger partial charge in [0.2, 0.25) is 0 Å². The zero-order valence-electron chi connectivity index (χ0n) is 11.7. The first-order valence-electron chi connectivity index (χ1n) is 6.64. The number of hydrogen-bond donors (Lipinski definition) is 1. The van der Waals surface area contributed by atoms with Crippen LogP contribution in [0.1, 0.15) is 18.9 Å². The van der Waals surface area contributed by atoms with Gasteiger partial charge in [0.05, 0.1) is 17.7 Å². The molecule has 1 aliphatic rings. The summed E-state index contributed by atoms with van der Waals surface area (Å²) in [7, 11) is 1.58. The van der Waals surface area contributed by atoms with Crippen LogP contribution in [0, 0.1) is 0 Å². The standard InChI is InChI=1S/C14H17BrF3NO2/c1-3-21-12-7-11(13(12)20-2)19-8-4-5-10(15)9(6-8)14(16,17)18/h4-6,11-13,19H,3,7H2,1-2H3. The number of ether oxygens (including phenoxy) is 2. The lowest BCUT2D eigenvalue weighted by Crippen LogP contribution is -2.56. The predicted molar refractivity (Wildman–Crippen MR) is 77.4 cm³/mol. The van der Waals surface area contributed by atoms with E-state index in [-0.39, 0.29) is 22.7 Å². The van der Waals surface area contributed by atoms with Crippen LogP contribution < -0.4 is 5.32 Å². The maximum absolute atomic E-state index is 12.9. The predicted octanol–water partition coefficient (Wildman–Crippen LogP) is 4.07. The van der Waals surface area contributed by atoms with Gasteiger partial charge in [-0.15, -0.1) is 0 Å². The number of nitrogens with one attached hydrogen (secondary N) is 1. The maximum atomic E-state index is 12.9. The number of halogens is 4. The highest BCUT2D eigenvalue weighted by Crippen LogP contribution is 2.37. The van der Waals surface area contributed by atoms with Crippen LogP contribution in [-0.4, -0.2) is 32.0 Å². The van der Waals surface area contributed by atoms with Gasteiger partial charge >= 0.3 is 6.18 Å². The van der Waals surface area contributed by atoms with Gasteiger partial charge in [-0.25, -0.2) is 0 Å². The van der Waals surface area contributed by atoms with E-state index in [9.17, 15) is 13.2 Å². The molecule has 0 bridgehead atoms. The molecule has 2 rings (SSSR count). The molecule has 7 heteroatoms. The van der Waals surface area contributed by atoms with Crippen LogP contribution in [0.25, 0.3) is 0 Å². The number of rotatable bonds is 5. The monoisotopic (exact) mass is 367 g/mol. The molecular formula is C14H17BrF3NO2. The quantitative estimate of drug-likeness (QED) is 0.850. The summed E-state index contributed by atoms with van der Waals surface area (Å²) in [6, 6.07) is 4.06. The van der Waals surface area contributed by atoms with Gasteiger partial charge < -0.3 is 14.8 Å². The fourth-order valence-electron chi connectivity index (χ4n) is 2.46. The Kier molecular flexibility index (Phi) is 5.16. The molecule has 1 aromatic rings. The van der Waals surface area contributed by atoms with Crippen molar-refractivity contribution in [2.75, 3.05) is 19.0 Å². The summed E-state index contributed by atoms with van der Waals surface area (Å²) < 4.78 is 49.5. The molecule has 0 saturated heterocycles. The van der Waals surface area contributed by atoms with Gasteiger partial charge in [0.15, 0.2) is 0 Å². The second kappa shape index (κ2) is 6.54.